The summed E-state index contributed by atoms with van der Waals surface area (Å²) < 4.78 is 0. The lowest BCUT2D eigenvalue weighted by Gasteiger charge is -2.11. The number of fused-ring (bicyclic) bond motifs is 1. The van der Waals surface area contributed by atoms with Gasteiger partial charge in [-0.05, 0) is 29.4 Å². The van der Waals surface area contributed by atoms with Gasteiger partial charge in [-0.1, -0.05) is 44.2 Å². The Hall–Kier alpha value is -1.50. The summed E-state index contributed by atoms with van der Waals surface area (Å²) in [6.45, 7) is 6.25. The molecule has 0 aromatic heterocycles. The molecule has 0 amide bonds. The van der Waals surface area contributed by atoms with Crippen molar-refractivity contribution in [2.75, 3.05) is 0 Å². The first kappa shape index (κ1) is 10.0. The van der Waals surface area contributed by atoms with Crippen LogP contribution in [0.2, 0.25) is 0 Å². The molecule has 2 rings (SSSR count). The Balaban J connectivity index is 2.80. The summed E-state index contributed by atoms with van der Waals surface area (Å²) in [5.41, 5.74) is 2.23. The van der Waals surface area contributed by atoms with E-state index in [2.05, 4.69) is 32.9 Å². The first-order valence-corrected chi connectivity index (χ1v) is 5.32. The molecule has 78 valence electrons. The molecule has 0 heterocycles. The minimum Gasteiger partial charge on any atom is -0.507 e. The highest BCUT2D eigenvalue weighted by Gasteiger charge is 2.09. The Morgan fingerprint density at radius 1 is 1.00 bits per heavy atom. The van der Waals surface area contributed by atoms with E-state index in [4.69, 9.17) is 0 Å². The SMILES string of the molecule is Cc1cccc2c(O)c(C(C)C)ccc12. The highest BCUT2D eigenvalue weighted by Crippen LogP contribution is 2.34. The van der Waals surface area contributed by atoms with E-state index >= 15 is 0 Å². The van der Waals surface area contributed by atoms with E-state index in [0.717, 1.165) is 16.3 Å². The minimum absolute atomic E-state index is 0.356. The van der Waals surface area contributed by atoms with Gasteiger partial charge in [0.15, 0.2) is 0 Å². The van der Waals surface area contributed by atoms with E-state index in [1.165, 1.54) is 5.56 Å². The van der Waals surface area contributed by atoms with Crippen molar-refractivity contribution in [2.24, 2.45) is 0 Å². The summed E-state index contributed by atoms with van der Waals surface area (Å²) in [5.74, 6) is 0.793. The maximum absolute atomic E-state index is 10.1. The fourth-order valence-corrected chi connectivity index (χ4v) is 1.98. The summed E-state index contributed by atoms with van der Waals surface area (Å²) in [7, 11) is 0. The second-order valence-corrected chi connectivity index (χ2v) is 4.33. The van der Waals surface area contributed by atoms with Gasteiger partial charge >= 0.3 is 0 Å². The first-order chi connectivity index (χ1) is 7.11. The summed E-state index contributed by atoms with van der Waals surface area (Å²) in [4.78, 5) is 0. The summed E-state index contributed by atoms with van der Waals surface area (Å²) in [5, 5.41) is 12.2. The van der Waals surface area contributed by atoms with Crippen molar-refractivity contribution >= 4 is 10.8 Å². The monoisotopic (exact) mass is 200 g/mol. The van der Waals surface area contributed by atoms with E-state index in [0.29, 0.717) is 11.7 Å². The van der Waals surface area contributed by atoms with Crippen molar-refractivity contribution in [1.82, 2.24) is 0 Å². The number of hydrogen-bond acceptors (Lipinski definition) is 1. The summed E-state index contributed by atoms with van der Waals surface area (Å²) in [6, 6.07) is 10.1. The van der Waals surface area contributed by atoms with E-state index in [9.17, 15) is 5.11 Å². The summed E-state index contributed by atoms with van der Waals surface area (Å²) >= 11 is 0. The van der Waals surface area contributed by atoms with Gasteiger partial charge in [-0.25, -0.2) is 0 Å². The van der Waals surface area contributed by atoms with Crippen molar-refractivity contribution in [3.8, 4) is 5.75 Å². The van der Waals surface area contributed by atoms with Crippen LogP contribution in [0.1, 0.15) is 30.9 Å². The zero-order valence-corrected chi connectivity index (χ0v) is 9.41. The number of phenols is 1. The van der Waals surface area contributed by atoms with Crippen LogP contribution in [0.4, 0.5) is 0 Å². The van der Waals surface area contributed by atoms with Gasteiger partial charge in [0, 0.05) is 5.39 Å². The molecule has 0 aliphatic carbocycles. The quantitative estimate of drug-likeness (QED) is 0.738. The Morgan fingerprint density at radius 3 is 2.40 bits per heavy atom. The maximum Gasteiger partial charge on any atom is 0.126 e. The van der Waals surface area contributed by atoms with Crippen LogP contribution in [0.5, 0.6) is 5.75 Å². The molecule has 0 aliphatic heterocycles. The van der Waals surface area contributed by atoms with Crippen molar-refractivity contribution in [3.63, 3.8) is 0 Å². The van der Waals surface area contributed by atoms with E-state index < -0.39 is 0 Å². The largest absolute Gasteiger partial charge is 0.507 e. The highest BCUT2D eigenvalue weighted by molar-refractivity contribution is 5.91. The summed E-state index contributed by atoms with van der Waals surface area (Å²) in [6.07, 6.45) is 0. The molecule has 1 nitrogen and oxygen atoms in total. The van der Waals surface area contributed by atoms with Gasteiger partial charge in [-0.2, -0.15) is 0 Å². The van der Waals surface area contributed by atoms with Crippen molar-refractivity contribution in [1.29, 1.82) is 0 Å². The number of aryl methyl sites for hydroxylation is 1. The van der Waals surface area contributed by atoms with Crippen molar-refractivity contribution in [3.05, 3.63) is 41.5 Å². The number of aromatic hydroxyl groups is 1. The molecular weight excluding hydrogens is 184 g/mol. The lowest BCUT2D eigenvalue weighted by atomic mass is 9.96. The predicted octanol–water partition coefficient (Wildman–Crippen LogP) is 3.98. The van der Waals surface area contributed by atoms with Gasteiger partial charge in [-0.3, -0.25) is 0 Å². The normalized spacial score (nSPS) is 11.2. The van der Waals surface area contributed by atoms with Crippen LogP contribution in [0, 0.1) is 6.92 Å². The third-order valence-corrected chi connectivity index (χ3v) is 2.90. The average Bonchev–Trinajstić information content (AvgIpc) is 2.19. The zero-order chi connectivity index (χ0) is 11.0. The molecular formula is C14H16O. The van der Waals surface area contributed by atoms with Crippen LogP contribution < -0.4 is 0 Å². The molecule has 0 saturated heterocycles. The maximum atomic E-state index is 10.1. The van der Waals surface area contributed by atoms with Gasteiger partial charge in [0.25, 0.3) is 0 Å². The molecule has 0 radical (unpaired) electrons. The van der Waals surface area contributed by atoms with Crippen LogP contribution in [-0.4, -0.2) is 5.11 Å². The second kappa shape index (κ2) is 3.58. The molecule has 0 atom stereocenters. The zero-order valence-electron chi connectivity index (χ0n) is 9.41. The van der Waals surface area contributed by atoms with Crippen LogP contribution in [-0.2, 0) is 0 Å². The molecule has 0 unspecified atom stereocenters. The third kappa shape index (κ3) is 1.58. The number of hydrogen-bond donors (Lipinski definition) is 1. The highest BCUT2D eigenvalue weighted by atomic mass is 16.3. The molecule has 0 fully saturated rings. The Morgan fingerprint density at radius 2 is 1.73 bits per heavy atom. The number of phenolic OH excluding ortho intramolecular Hbond substituents is 1. The van der Waals surface area contributed by atoms with Gasteiger partial charge in [0.2, 0.25) is 0 Å². The molecule has 15 heavy (non-hydrogen) atoms. The van der Waals surface area contributed by atoms with E-state index in [1.807, 2.05) is 18.2 Å². The van der Waals surface area contributed by atoms with Crippen LogP contribution in [0.25, 0.3) is 10.8 Å². The van der Waals surface area contributed by atoms with Crippen LogP contribution >= 0.6 is 0 Å². The number of rotatable bonds is 1. The lowest BCUT2D eigenvalue weighted by Crippen LogP contribution is -1.89. The van der Waals surface area contributed by atoms with Crippen molar-refractivity contribution < 1.29 is 5.11 Å². The molecule has 2 aromatic rings. The molecule has 1 heteroatoms. The lowest BCUT2D eigenvalue weighted by molar-refractivity contribution is 0.471. The minimum atomic E-state index is 0.356. The van der Waals surface area contributed by atoms with Gasteiger partial charge in [-0.15, -0.1) is 0 Å². The molecule has 2 aromatic carbocycles. The Bertz CT molecular complexity index is 498. The smallest absolute Gasteiger partial charge is 0.126 e. The predicted molar refractivity (Wildman–Crippen MR) is 64.4 cm³/mol. The van der Waals surface area contributed by atoms with Gasteiger partial charge in [0.05, 0.1) is 0 Å². The van der Waals surface area contributed by atoms with Crippen LogP contribution in [0.15, 0.2) is 30.3 Å². The molecule has 0 saturated carbocycles. The fraction of sp³-hybridized carbons (Fsp3) is 0.286. The van der Waals surface area contributed by atoms with Gasteiger partial charge < -0.3 is 5.11 Å². The fourth-order valence-electron chi connectivity index (χ4n) is 1.98. The second-order valence-electron chi connectivity index (χ2n) is 4.33. The Labute approximate surface area is 90.4 Å². The topological polar surface area (TPSA) is 20.2 Å². The Kier molecular flexibility index (Phi) is 2.39. The van der Waals surface area contributed by atoms with E-state index in [1.54, 1.807) is 0 Å². The van der Waals surface area contributed by atoms with Crippen molar-refractivity contribution in [2.45, 2.75) is 26.7 Å². The first-order valence-electron chi connectivity index (χ1n) is 5.32. The molecule has 0 spiro atoms. The average molecular weight is 200 g/mol. The van der Waals surface area contributed by atoms with Gasteiger partial charge in [0.1, 0.15) is 5.75 Å². The molecule has 1 N–H and O–H groups in total. The van der Waals surface area contributed by atoms with Crippen LogP contribution in [0.3, 0.4) is 0 Å². The third-order valence-electron chi connectivity index (χ3n) is 2.90. The standard InChI is InChI=1S/C14H16O/c1-9(2)11-7-8-12-10(3)5-4-6-13(12)14(11)15/h4-9,15H,1-3H3. The molecule has 0 bridgehead atoms. The number of benzene rings is 2. The van der Waals surface area contributed by atoms with E-state index in [-0.39, 0.29) is 0 Å². The molecule has 0 aliphatic rings.